The van der Waals surface area contributed by atoms with Gasteiger partial charge in [-0.1, -0.05) is 33.8 Å². The fourth-order valence-electron chi connectivity index (χ4n) is 9.48. The summed E-state index contributed by atoms with van der Waals surface area (Å²) in [4.78, 5) is 69.5. The molecular weight excluding hydrogens is 921 g/mol. The van der Waals surface area contributed by atoms with E-state index >= 15 is 0 Å². The van der Waals surface area contributed by atoms with Crippen LogP contribution in [-0.2, 0) is 43.2 Å². The second-order valence-electron chi connectivity index (χ2n) is 18.7. The van der Waals surface area contributed by atoms with Crippen molar-refractivity contribution in [1.82, 2.24) is 40.1 Å². The van der Waals surface area contributed by atoms with Gasteiger partial charge >= 0.3 is 12.0 Å². The molecule has 65 heavy (non-hydrogen) atoms. The summed E-state index contributed by atoms with van der Waals surface area (Å²) in [6.45, 7) is 14.8. The summed E-state index contributed by atoms with van der Waals surface area (Å²) < 4.78 is 14.2. The molecule has 1 spiro atoms. The lowest BCUT2D eigenvalue weighted by molar-refractivity contribution is -0.155. The summed E-state index contributed by atoms with van der Waals surface area (Å²) >= 11 is 1.44. The summed E-state index contributed by atoms with van der Waals surface area (Å²) in [5, 5.41) is 8.24. The Hall–Kier alpha value is -3.46. The maximum atomic E-state index is 14.5. The van der Waals surface area contributed by atoms with Gasteiger partial charge in [-0.3, -0.25) is 24.4 Å². The van der Waals surface area contributed by atoms with Crippen molar-refractivity contribution < 1.29 is 28.7 Å². The highest BCUT2D eigenvalue weighted by atomic mass is 32.1. The van der Waals surface area contributed by atoms with Crippen LogP contribution in [0.4, 0.5) is 4.79 Å². The van der Waals surface area contributed by atoms with E-state index in [0.717, 1.165) is 70.6 Å². The molecule has 1 saturated carbocycles. The molecule has 4 aromatic rings. The number of aromatic nitrogens is 3. The number of nitrogens with zero attached hydrogens (tertiary/aromatic N) is 6. The number of ether oxygens (including phenoxy) is 2. The van der Waals surface area contributed by atoms with Crippen LogP contribution < -0.4 is 10.7 Å². The first kappa shape index (κ1) is 54.1. The molecule has 0 unspecified atom stereocenters. The average Bonchev–Trinajstić information content (AvgIpc) is 3.82. The zero-order chi connectivity index (χ0) is 43.4. The lowest BCUT2D eigenvalue weighted by Gasteiger charge is -2.44. The molecule has 4 aliphatic rings. The highest BCUT2D eigenvalue weighted by molar-refractivity contribution is 7.59. The highest BCUT2D eigenvalue weighted by Gasteiger charge is 2.55. The van der Waals surface area contributed by atoms with Crippen molar-refractivity contribution in [3.8, 4) is 22.5 Å². The number of esters is 1. The van der Waals surface area contributed by atoms with Crippen LogP contribution in [0.5, 0.6) is 0 Å². The van der Waals surface area contributed by atoms with Crippen LogP contribution >= 0.6 is 65.3 Å². The number of hydrogen-bond donors (Lipinski definition) is 2. The molecule has 2 saturated heterocycles. The number of carbonyl (C=O) groups excluding carboxylic acids is 4. The number of carbonyl (C=O) groups is 4. The number of thiazole rings is 1. The van der Waals surface area contributed by atoms with Gasteiger partial charge in [-0.2, -0.15) is 54.0 Å². The van der Waals surface area contributed by atoms with Gasteiger partial charge in [0.25, 0.3) is 5.91 Å². The predicted octanol–water partition coefficient (Wildman–Crippen LogP) is 6.83. The zero-order valence-corrected chi connectivity index (χ0v) is 43.6. The summed E-state index contributed by atoms with van der Waals surface area (Å²) in [6, 6.07) is 7.72. The molecule has 4 amide bonds. The molecule has 358 valence electrons. The van der Waals surface area contributed by atoms with E-state index in [0.29, 0.717) is 37.4 Å². The van der Waals surface area contributed by atoms with Gasteiger partial charge in [-0.25, -0.2) is 15.2 Å². The highest BCUT2D eigenvalue weighted by Crippen LogP contribution is 2.53. The Morgan fingerprint density at radius 2 is 1.82 bits per heavy atom. The minimum Gasteiger partial charge on any atom is -0.464 e. The van der Waals surface area contributed by atoms with Crippen molar-refractivity contribution in [3.63, 3.8) is 0 Å². The van der Waals surface area contributed by atoms with Gasteiger partial charge in [0.15, 0.2) is 0 Å². The molecule has 3 aromatic heterocycles. The number of cyclic esters (lactones) is 1. The Morgan fingerprint density at radius 3 is 2.48 bits per heavy atom. The Kier molecular flexibility index (Phi) is 18.0. The maximum absolute atomic E-state index is 14.5. The van der Waals surface area contributed by atoms with Crippen molar-refractivity contribution in [3.05, 3.63) is 58.2 Å². The molecule has 19 heteroatoms. The van der Waals surface area contributed by atoms with E-state index in [-0.39, 0.29) is 96.4 Å². The third-order valence-electron chi connectivity index (χ3n) is 13.1. The molecule has 0 radical (unpaired) electrons. The number of rotatable bonds is 8. The van der Waals surface area contributed by atoms with Crippen molar-refractivity contribution in [2.75, 3.05) is 40.4 Å². The van der Waals surface area contributed by atoms with Crippen LogP contribution in [0.15, 0.2) is 41.9 Å². The molecule has 6 heterocycles. The number of hydrogen-bond acceptors (Lipinski definition) is 10. The van der Waals surface area contributed by atoms with E-state index < -0.39 is 35.4 Å². The van der Waals surface area contributed by atoms with E-state index in [2.05, 4.69) is 60.3 Å². The number of benzene rings is 1. The quantitative estimate of drug-likeness (QED) is 0.181. The molecule has 1 aromatic carbocycles. The number of urea groups is 1. The number of likely N-dealkylation sites (N-methyl/N-ethyl adjacent to an activating group) is 1. The summed E-state index contributed by atoms with van der Waals surface area (Å²) in [7, 11) is 3.36. The Labute approximate surface area is 415 Å². The van der Waals surface area contributed by atoms with Gasteiger partial charge in [0.2, 0.25) is 5.91 Å². The van der Waals surface area contributed by atoms with Gasteiger partial charge in [-0.15, -0.1) is 11.3 Å². The summed E-state index contributed by atoms with van der Waals surface area (Å²) in [5.74, 6) is -1.45. The Bertz CT molecular complexity index is 2340. The minimum atomic E-state index is -1.02. The van der Waals surface area contributed by atoms with Gasteiger partial charge in [0.1, 0.15) is 18.1 Å². The molecule has 1 aliphatic carbocycles. The van der Waals surface area contributed by atoms with Crippen LogP contribution in [0, 0.1) is 16.7 Å². The number of aryl methyl sites for hydroxylation is 1. The zero-order valence-electron chi connectivity index (χ0n) is 38.7. The van der Waals surface area contributed by atoms with E-state index in [1.807, 2.05) is 37.1 Å². The number of hydrazine groups is 1. The largest absolute Gasteiger partial charge is 0.464 e. The Morgan fingerprint density at radius 1 is 1.09 bits per heavy atom. The molecular formula is C46H68N8O6S5. The first-order valence-corrected chi connectivity index (χ1v) is 22.6. The standard InChI is InChI=1S/C46H60N8O6S.4H2S/c1-9-53-36-15-14-29-20-31(36)32(40(53)30-12-10-18-47-38(30)28(4)59-8)22-45(5,6)26-60-43(57)33-13-11-19-54(50-33)42(56)34(21-37-48-35(29)23-61-37)49-41(55)39(27(2)3)51(7)44(58)52-24-46(25-52)16-17-46;;;;/h10,12,14-15,18,20,23,27-28,33-34,39,50H,9,11,13,16-17,19,21-22,24-26H2,1-8H3,(H,49,55);4*1H2/t28-,33-,34-,39-;;;;/m0..../s1. The molecule has 2 N–H and O–H groups in total. The number of likely N-dealkylation sites (tertiary alicyclic amines) is 1. The van der Waals surface area contributed by atoms with E-state index in [1.54, 1.807) is 20.4 Å². The number of pyridine rings is 1. The Balaban J connectivity index is 0.00000231. The number of methoxy groups -OCH3 is 1. The molecule has 4 atom stereocenters. The summed E-state index contributed by atoms with van der Waals surface area (Å²) in [5.41, 5.74) is 9.71. The lowest BCUT2D eigenvalue weighted by atomic mass is 9.84. The lowest BCUT2D eigenvalue weighted by Crippen LogP contribution is -2.63. The first-order chi connectivity index (χ1) is 29.1. The molecule has 14 nitrogen and oxygen atoms in total. The van der Waals surface area contributed by atoms with Crippen LogP contribution in [-0.4, -0.2) is 112 Å². The van der Waals surface area contributed by atoms with Gasteiger partial charge in [-0.05, 0) is 81.7 Å². The first-order valence-electron chi connectivity index (χ1n) is 21.8. The molecule has 8 rings (SSSR count). The second kappa shape index (κ2) is 21.7. The monoisotopic (exact) mass is 988 g/mol. The van der Waals surface area contributed by atoms with Crippen LogP contribution in [0.1, 0.15) is 89.6 Å². The van der Waals surface area contributed by atoms with Gasteiger partial charge in [0.05, 0.1) is 34.8 Å². The third kappa shape index (κ3) is 11.0. The normalized spacial score (nSPS) is 20.7. The van der Waals surface area contributed by atoms with Crippen LogP contribution in [0.25, 0.3) is 33.4 Å². The SMILES string of the molecule is CCn1c(-c2cccnc2[C@H](C)OC)c2c3cc(ccc31)-c1csc(n1)C[C@H](NC(=O)[C@H](C(C)C)N(C)C(=O)N1CC3(CC3)C1)C(=O)N1CCC[C@H](N1)C(=O)OCC(C)(C)C2.S.S.S.S. The number of amides is 4. The van der Waals surface area contributed by atoms with Gasteiger partial charge in [0, 0.05) is 91.2 Å². The van der Waals surface area contributed by atoms with E-state index in [4.69, 9.17) is 19.4 Å². The number of nitrogens with one attached hydrogen (secondary N) is 2. The van der Waals surface area contributed by atoms with Crippen LogP contribution in [0.3, 0.4) is 0 Å². The molecule has 6 bridgehead atoms. The average molecular weight is 989 g/mol. The number of fused-ring (bicyclic) bond motifs is 6. The van der Waals surface area contributed by atoms with Crippen molar-refractivity contribution >= 4 is 100 Å². The molecule has 3 aliphatic heterocycles. The fraction of sp³-hybridized carbons (Fsp3) is 0.565. The minimum absolute atomic E-state index is 0. The fourth-order valence-corrected chi connectivity index (χ4v) is 10.3. The second-order valence-corrected chi connectivity index (χ2v) is 19.7. The predicted molar refractivity (Wildman–Crippen MR) is 276 cm³/mol. The van der Waals surface area contributed by atoms with Crippen molar-refractivity contribution in [2.45, 2.75) is 111 Å². The molecule has 3 fully saturated rings. The van der Waals surface area contributed by atoms with Crippen LogP contribution in [0.2, 0.25) is 0 Å². The van der Waals surface area contributed by atoms with E-state index in [1.165, 1.54) is 21.2 Å². The third-order valence-corrected chi connectivity index (χ3v) is 13.9. The topological polar surface area (TPSA) is 151 Å². The van der Waals surface area contributed by atoms with Crippen molar-refractivity contribution in [1.29, 1.82) is 0 Å². The van der Waals surface area contributed by atoms with E-state index in [9.17, 15) is 19.2 Å². The summed E-state index contributed by atoms with van der Waals surface area (Å²) in [6.07, 6.45) is 5.62. The van der Waals surface area contributed by atoms with Gasteiger partial charge < -0.3 is 29.2 Å². The smallest absolute Gasteiger partial charge is 0.324 e. The maximum Gasteiger partial charge on any atom is 0.324 e. The van der Waals surface area contributed by atoms with Crippen molar-refractivity contribution in [2.24, 2.45) is 16.7 Å².